The van der Waals surface area contributed by atoms with Crippen molar-refractivity contribution < 1.29 is 26.6 Å². The fourth-order valence-corrected chi connectivity index (χ4v) is 2.24. The molecule has 0 aliphatic carbocycles. The Morgan fingerprint density at radius 1 is 1.17 bits per heavy atom. The zero-order valence-corrected chi connectivity index (χ0v) is 14.7. The van der Waals surface area contributed by atoms with Crippen molar-refractivity contribution in [2.24, 2.45) is 0 Å². The molecule has 0 radical (unpaired) electrons. The molecule has 0 bridgehead atoms. The molecule has 0 fully saturated rings. The number of ether oxygens (including phenoxy) is 1. The SMILES string of the molecule is C=Cc1ccc(OC(C)=O)cc1C[c-]1cccc1.[Fe].[cH-]1[cH-][cH-][cH-][cH-]1. The Kier molecular flexibility index (Phi) is 8.56. The Bertz CT molecular complexity index is 708. The minimum atomic E-state index is -0.305. The van der Waals surface area contributed by atoms with Crippen molar-refractivity contribution in [2.45, 2.75) is 13.3 Å². The first-order valence-corrected chi connectivity index (χ1v) is 7.50. The summed E-state index contributed by atoms with van der Waals surface area (Å²) in [7, 11) is 0. The van der Waals surface area contributed by atoms with Gasteiger partial charge in [-0.1, -0.05) is 18.7 Å². The van der Waals surface area contributed by atoms with Crippen molar-refractivity contribution in [3.05, 3.63) is 96.1 Å². The third-order valence-electron chi connectivity index (χ3n) is 3.28. The molecule has 0 saturated carbocycles. The van der Waals surface area contributed by atoms with E-state index in [1.165, 1.54) is 12.5 Å². The number of esters is 1. The molecule has 3 aromatic carbocycles. The van der Waals surface area contributed by atoms with Gasteiger partial charge >= 0.3 is 5.97 Å². The maximum atomic E-state index is 11.0. The second-order valence-corrected chi connectivity index (χ2v) is 5.09. The Labute approximate surface area is 154 Å². The summed E-state index contributed by atoms with van der Waals surface area (Å²) in [5.74, 6) is 0.273. The van der Waals surface area contributed by atoms with Crippen LogP contribution in [0.5, 0.6) is 5.75 Å². The van der Waals surface area contributed by atoms with Crippen LogP contribution < -0.4 is 4.74 Å². The van der Waals surface area contributed by atoms with E-state index in [9.17, 15) is 4.79 Å². The van der Waals surface area contributed by atoms with Crippen LogP contribution in [-0.4, -0.2) is 5.97 Å². The number of benzene rings is 1. The van der Waals surface area contributed by atoms with Crippen LogP contribution in [-0.2, 0) is 28.3 Å². The molecule has 0 aliphatic heterocycles. The first-order valence-electron chi connectivity index (χ1n) is 7.50. The minimum absolute atomic E-state index is 0. The molecule has 3 heteroatoms. The van der Waals surface area contributed by atoms with E-state index >= 15 is 0 Å². The molecule has 130 valence electrons. The van der Waals surface area contributed by atoms with Gasteiger partial charge in [0.05, 0.1) is 0 Å². The molecular weight excluding hydrogens is 340 g/mol. The van der Waals surface area contributed by atoms with E-state index in [2.05, 4.69) is 18.7 Å². The van der Waals surface area contributed by atoms with Crippen LogP contribution in [0.15, 0.2) is 79.4 Å². The first-order chi connectivity index (χ1) is 11.2. The predicted octanol–water partition coefficient (Wildman–Crippen LogP) is 4.97. The minimum Gasteiger partial charge on any atom is -0.748 e. The summed E-state index contributed by atoms with van der Waals surface area (Å²) in [5.41, 5.74) is 3.40. The number of rotatable bonds is 4. The second kappa shape index (κ2) is 10.4. The van der Waals surface area contributed by atoms with Crippen molar-refractivity contribution in [2.75, 3.05) is 0 Å². The number of carbonyl (C=O) groups is 1. The first kappa shape index (κ1) is 19.7. The summed E-state index contributed by atoms with van der Waals surface area (Å²) < 4.78 is 5.10. The molecule has 0 aromatic heterocycles. The van der Waals surface area contributed by atoms with Gasteiger partial charge in [0.15, 0.2) is 0 Å². The molecule has 0 heterocycles. The van der Waals surface area contributed by atoms with Gasteiger partial charge in [0.25, 0.3) is 0 Å². The summed E-state index contributed by atoms with van der Waals surface area (Å²) >= 11 is 0. The molecule has 0 aliphatic rings. The standard InChI is InChI=1S/C16H15O2.C5H5.Fe/c1-3-14-8-9-16(18-12(2)17)11-15(14)10-13-6-4-5-7-13;1-2-4-5-3-1;/h3-9,11H,1,10H2,2H3;1-5H;/q-1;-5;. The topological polar surface area (TPSA) is 26.3 Å². The van der Waals surface area contributed by atoms with Gasteiger partial charge in [-0.15, -0.1) is 0 Å². The van der Waals surface area contributed by atoms with Gasteiger partial charge in [-0.05, 0) is 29.7 Å². The fourth-order valence-electron chi connectivity index (χ4n) is 2.24. The average Bonchev–Trinajstić information content (AvgIpc) is 3.23. The smallest absolute Gasteiger partial charge is 0.308 e. The third kappa shape index (κ3) is 6.41. The molecule has 0 unspecified atom stereocenters. The van der Waals surface area contributed by atoms with Gasteiger partial charge in [-0.25, -0.2) is 12.1 Å². The van der Waals surface area contributed by atoms with E-state index < -0.39 is 0 Å². The fraction of sp³-hybridized carbons (Fsp3) is 0.0952. The quantitative estimate of drug-likeness (QED) is 0.284. The predicted molar refractivity (Wildman–Crippen MR) is 94.7 cm³/mol. The van der Waals surface area contributed by atoms with Gasteiger partial charge < -0.3 is 35.1 Å². The Morgan fingerprint density at radius 3 is 2.25 bits per heavy atom. The summed E-state index contributed by atoms with van der Waals surface area (Å²) in [6.45, 7) is 5.20. The normalized spacial score (nSPS) is 9.21. The molecule has 0 N–H and O–H groups in total. The maximum absolute atomic E-state index is 11.0. The molecule has 0 spiro atoms. The van der Waals surface area contributed by atoms with Crippen LogP contribution in [0, 0.1) is 0 Å². The molecule has 0 saturated heterocycles. The van der Waals surface area contributed by atoms with Gasteiger partial charge in [0.1, 0.15) is 5.75 Å². The Balaban J connectivity index is 0.000000412. The van der Waals surface area contributed by atoms with E-state index in [1.807, 2.05) is 60.7 Å². The van der Waals surface area contributed by atoms with Crippen molar-refractivity contribution in [3.63, 3.8) is 0 Å². The summed E-state index contributed by atoms with van der Waals surface area (Å²) in [6.07, 6.45) is 2.62. The second-order valence-electron chi connectivity index (χ2n) is 5.09. The monoisotopic (exact) mass is 360 g/mol. The number of hydrogen-bond donors (Lipinski definition) is 0. The average molecular weight is 360 g/mol. The molecule has 3 aromatic rings. The van der Waals surface area contributed by atoms with Gasteiger partial charge in [0, 0.05) is 24.0 Å². The van der Waals surface area contributed by atoms with Crippen LogP contribution >= 0.6 is 0 Å². The van der Waals surface area contributed by atoms with Crippen molar-refractivity contribution in [1.82, 2.24) is 0 Å². The zero-order chi connectivity index (χ0) is 16.5. The number of carbonyl (C=O) groups excluding carboxylic acids is 1. The molecular formula is C21H20FeO2-6. The van der Waals surface area contributed by atoms with Crippen molar-refractivity contribution in [3.8, 4) is 5.75 Å². The molecule has 24 heavy (non-hydrogen) atoms. The van der Waals surface area contributed by atoms with E-state index in [1.54, 1.807) is 6.07 Å². The van der Waals surface area contributed by atoms with Gasteiger partial charge in [-0.3, -0.25) is 4.79 Å². The largest absolute Gasteiger partial charge is 0.748 e. The van der Waals surface area contributed by atoms with Crippen molar-refractivity contribution in [1.29, 1.82) is 0 Å². The van der Waals surface area contributed by atoms with Crippen LogP contribution in [0.2, 0.25) is 0 Å². The van der Waals surface area contributed by atoms with E-state index in [-0.39, 0.29) is 23.0 Å². The third-order valence-corrected chi connectivity index (χ3v) is 3.28. The van der Waals surface area contributed by atoms with Crippen molar-refractivity contribution >= 4 is 12.0 Å². The van der Waals surface area contributed by atoms with Crippen LogP contribution in [0.25, 0.3) is 6.08 Å². The molecule has 0 amide bonds. The van der Waals surface area contributed by atoms with Gasteiger partial charge in [-0.2, -0.15) is 17.7 Å². The zero-order valence-electron chi connectivity index (χ0n) is 13.6. The summed E-state index contributed by atoms with van der Waals surface area (Å²) in [5, 5.41) is 0. The summed E-state index contributed by atoms with van der Waals surface area (Å²) in [6, 6.07) is 23.8. The van der Waals surface area contributed by atoms with E-state index in [0.717, 1.165) is 17.5 Å². The maximum Gasteiger partial charge on any atom is 0.308 e. The van der Waals surface area contributed by atoms with Crippen LogP contribution in [0.3, 0.4) is 0 Å². The van der Waals surface area contributed by atoms with E-state index in [0.29, 0.717) is 5.75 Å². The van der Waals surface area contributed by atoms with Crippen LogP contribution in [0.4, 0.5) is 0 Å². The molecule has 2 nitrogen and oxygen atoms in total. The molecule has 0 atom stereocenters. The molecule has 3 rings (SSSR count). The Morgan fingerprint density at radius 2 is 1.75 bits per heavy atom. The van der Waals surface area contributed by atoms with Crippen LogP contribution in [0.1, 0.15) is 23.6 Å². The number of hydrogen-bond acceptors (Lipinski definition) is 2. The van der Waals surface area contributed by atoms with E-state index in [4.69, 9.17) is 4.74 Å². The van der Waals surface area contributed by atoms with Gasteiger partial charge in [0.2, 0.25) is 0 Å². The Hall–Kier alpha value is -2.35. The summed E-state index contributed by atoms with van der Waals surface area (Å²) in [4.78, 5) is 11.0.